The average Bonchev–Trinajstić information content (AvgIpc) is 3.07. The molecule has 0 saturated carbocycles. The van der Waals surface area contributed by atoms with Crippen LogP contribution >= 0.6 is 11.6 Å². The van der Waals surface area contributed by atoms with E-state index in [4.69, 9.17) is 16.3 Å². The third-order valence-electron chi connectivity index (χ3n) is 4.41. The second-order valence-corrected chi connectivity index (χ2v) is 6.69. The molecule has 1 aromatic rings. The highest BCUT2D eigenvalue weighted by molar-refractivity contribution is 6.30. The lowest BCUT2D eigenvalue weighted by atomic mass is 10.1. The number of hydrogen-bond acceptors (Lipinski definition) is 3. The molecule has 0 aromatic heterocycles. The summed E-state index contributed by atoms with van der Waals surface area (Å²) in [6.07, 6.45) is 5.06. The summed E-state index contributed by atoms with van der Waals surface area (Å²) in [7, 11) is 0. The molecule has 0 amide bonds. The number of rotatable bonds is 6. The molecular formula is C17H25ClN2O. The van der Waals surface area contributed by atoms with Crippen molar-refractivity contribution in [2.45, 2.75) is 44.8 Å². The third kappa shape index (κ3) is 3.91. The molecule has 1 aromatic carbocycles. The Morgan fingerprint density at radius 3 is 3.05 bits per heavy atom. The normalized spacial score (nSPS) is 24.3. The van der Waals surface area contributed by atoms with Crippen molar-refractivity contribution >= 4 is 11.6 Å². The Hall–Kier alpha value is -0.770. The first-order chi connectivity index (χ1) is 10.2. The fourth-order valence-electron chi connectivity index (χ4n) is 3.48. The van der Waals surface area contributed by atoms with Crippen LogP contribution in [0, 0.1) is 0 Å². The summed E-state index contributed by atoms with van der Waals surface area (Å²) in [6, 6.07) is 6.62. The zero-order chi connectivity index (χ0) is 14.7. The number of fused-ring (bicyclic) bond motifs is 1. The number of halogens is 1. The second-order valence-electron chi connectivity index (χ2n) is 6.25. The van der Waals surface area contributed by atoms with E-state index in [1.165, 1.54) is 31.4 Å². The summed E-state index contributed by atoms with van der Waals surface area (Å²) in [5, 5.41) is 4.40. The third-order valence-corrected chi connectivity index (χ3v) is 4.64. The van der Waals surface area contributed by atoms with Crippen LogP contribution in [0.25, 0.3) is 0 Å². The summed E-state index contributed by atoms with van der Waals surface area (Å²) >= 11 is 6.07. The lowest BCUT2D eigenvalue weighted by Crippen LogP contribution is -2.42. The van der Waals surface area contributed by atoms with Gasteiger partial charge < -0.3 is 10.1 Å². The molecular weight excluding hydrogens is 284 g/mol. The number of nitrogens with zero attached hydrogens (tertiary/aromatic N) is 1. The molecule has 2 unspecified atom stereocenters. The number of ether oxygens (including phenoxy) is 1. The van der Waals surface area contributed by atoms with E-state index in [-0.39, 0.29) is 6.10 Å². The molecule has 0 bridgehead atoms. The number of nitrogens with one attached hydrogen (secondary N) is 1. The van der Waals surface area contributed by atoms with E-state index < -0.39 is 0 Å². The highest BCUT2D eigenvalue weighted by Gasteiger charge is 2.26. The van der Waals surface area contributed by atoms with Crippen LogP contribution < -0.4 is 10.1 Å². The molecule has 1 fully saturated rings. The zero-order valence-electron chi connectivity index (χ0n) is 12.8. The van der Waals surface area contributed by atoms with Gasteiger partial charge in [0.1, 0.15) is 11.9 Å². The summed E-state index contributed by atoms with van der Waals surface area (Å²) in [4.78, 5) is 2.56. The van der Waals surface area contributed by atoms with Gasteiger partial charge in [0.15, 0.2) is 0 Å². The second kappa shape index (κ2) is 6.99. The molecule has 2 heterocycles. The quantitative estimate of drug-likeness (QED) is 0.874. The standard InChI is InChI=1S/C17H25ClN2O/c1-2-8-20(11-15-4-3-7-19-15)12-16-10-13-9-14(18)5-6-17(13)21-16/h5-6,9,15-16,19H,2-4,7-8,10-12H2,1H3. The van der Waals surface area contributed by atoms with Gasteiger partial charge in [-0.3, -0.25) is 4.90 Å². The molecule has 116 valence electrons. The van der Waals surface area contributed by atoms with Crippen molar-refractivity contribution < 1.29 is 4.74 Å². The van der Waals surface area contributed by atoms with Crippen LogP contribution in [-0.2, 0) is 6.42 Å². The van der Waals surface area contributed by atoms with Gasteiger partial charge in [0.05, 0.1) is 0 Å². The van der Waals surface area contributed by atoms with Crippen LogP contribution in [0.2, 0.25) is 5.02 Å². The van der Waals surface area contributed by atoms with E-state index in [0.717, 1.165) is 36.8 Å². The van der Waals surface area contributed by atoms with Gasteiger partial charge in [-0.25, -0.2) is 0 Å². The van der Waals surface area contributed by atoms with Crippen LogP contribution in [0.5, 0.6) is 5.75 Å². The van der Waals surface area contributed by atoms with Gasteiger partial charge in [0.2, 0.25) is 0 Å². The van der Waals surface area contributed by atoms with Crippen LogP contribution in [0.4, 0.5) is 0 Å². The Morgan fingerprint density at radius 2 is 2.29 bits per heavy atom. The summed E-state index contributed by atoms with van der Waals surface area (Å²) in [5.41, 5.74) is 1.25. The van der Waals surface area contributed by atoms with Crippen molar-refractivity contribution in [3.05, 3.63) is 28.8 Å². The molecule has 3 rings (SSSR count). The number of hydrogen-bond donors (Lipinski definition) is 1. The van der Waals surface area contributed by atoms with Crippen LogP contribution in [0.3, 0.4) is 0 Å². The molecule has 0 spiro atoms. The summed E-state index contributed by atoms with van der Waals surface area (Å²) in [6.45, 7) is 6.73. The van der Waals surface area contributed by atoms with Crippen molar-refractivity contribution in [1.82, 2.24) is 10.2 Å². The van der Waals surface area contributed by atoms with E-state index in [0.29, 0.717) is 6.04 Å². The lowest BCUT2D eigenvalue weighted by Gasteiger charge is -2.27. The molecule has 1 saturated heterocycles. The molecule has 4 heteroatoms. The van der Waals surface area contributed by atoms with E-state index >= 15 is 0 Å². The van der Waals surface area contributed by atoms with Crippen molar-refractivity contribution in [3.63, 3.8) is 0 Å². The van der Waals surface area contributed by atoms with Gasteiger partial charge >= 0.3 is 0 Å². The van der Waals surface area contributed by atoms with Gasteiger partial charge in [-0.2, -0.15) is 0 Å². The first-order valence-corrected chi connectivity index (χ1v) is 8.53. The van der Waals surface area contributed by atoms with E-state index in [1.807, 2.05) is 18.2 Å². The maximum atomic E-state index is 6.08. The van der Waals surface area contributed by atoms with Crippen LogP contribution in [0.1, 0.15) is 31.7 Å². The van der Waals surface area contributed by atoms with Crippen molar-refractivity contribution in [1.29, 1.82) is 0 Å². The molecule has 21 heavy (non-hydrogen) atoms. The highest BCUT2D eigenvalue weighted by Crippen LogP contribution is 2.31. The maximum Gasteiger partial charge on any atom is 0.123 e. The monoisotopic (exact) mass is 308 g/mol. The largest absolute Gasteiger partial charge is 0.488 e. The SMILES string of the molecule is CCCN(CC1CCCN1)CC1Cc2cc(Cl)ccc2O1. The van der Waals surface area contributed by atoms with Crippen LogP contribution in [0.15, 0.2) is 18.2 Å². The van der Waals surface area contributed by atoms with Gasteiger partial charge in [0.25, 0.3) is 0 Å². The molecule has 2 aliphatic rings. The Kier molecular flexibility index (Phi) is 5.04. The summed E-state index contributed by atoms with van der Waals surface area (Å²) in [5.74, 6) is 1.01. The van der Waals surface area contributed by atoms with E-state index in [1.54, 1.807) is 0 Å². The molecule has 0 radical (unpaired) electrons. The minimum absolute atomic E-state index is 0.270. The minimum Gasteiger partial charge on any atom is -0.488 e. The predicted octanol–water partition coefficient (Wildman–Crippen LogP) is 3.11. The molecule has 2 atom stereocenters. The zero-order valence-corrected chi connectivity index (χ0v) is 13.5. The van der Waals surface area contributed by atoms with Crippen LogP contribution in [-0.4, -0.2) is 43.2 Å². The number of benzene rings is 1. The minimum atomic E-state index is 0.270. The van der Waals surface area contributed by atoms with E-state index in [9.17, 15) is 0 Å². The Morgan fingerprint density at radius 1 is 1.38 bits per heavy atom. The van der Waals surface area contributed by atoms with Crippen molar-refractivity contribution in [2.24, 2.45) is 0 Å². The van der Waals surface area contributed by atoms with Gasteiger partial charge in [-0.1, -0.05) is 18.5 Å². The van der Waals surface area contributed by atoms with Crippen molar-refractivity contribution in [2.75, 3.05) is 26.2 Å². The van der Waals surface area contributed by atoms with Gasteiger partial charge in [-0.15, -0.1) is 0 Å². The first-order valence-electron chi connectivity index (χ1n) is 8.15. The predicted molar refractivity (Wildman–Crippen MR) is 87.3 cm³/mol. The summed E-state index contributed by atoms with van der Waals surface area (Å²) < 4.78 is 6.08. The lowest BCUT2D eigenvalue weighted by molar-refractivity contribution is 0.143. The fourth-order valence-corrected chi connectivity index (χ4v) is 3.67. The smallest absolute Gasteiger partial charge is 0.123 e. The first kappa shape index (κ1) is 15.1. The highest BCUT2D eigenvalue weighted by atomic mass is 35.5. The maximum absolute atomic E-state index is 6.08. The Balaban J connectivity index is 1.56. The Labute approximate surface area is 132 Å². The van der Waals surface area contributed by atoms with Crippen molar-refractivity contribution in [3.8, 4) is 5.75 Å². The topological polar surface area (TPSA) is 24.5 Å². The Bertz CT molecular complexity index is 474. The molecule has 3 nitrogen and oxygen atoms in total. The van der Waals surface area contributed by atoms with Gasteiger partial charge in [-0.05, 0) is 56.1 Å². The average molecular weight is 309 g/mol. The molecule has 1 N–H and O–H groups in total. The van der Waals surface area contributed by atoms with E-state index in [2.05, 4.69) is 17.1 Å². The fraction of sp³-hybridized carbons (Fsp3) is 0.647. The van der Waals surface area contributed by atoms with Gasteiger partial charge in [0, 0.05) is 30.6 Å². The molecule has 0 aliphatic carbocycles. The molecule has 2 aliphatic heterocycles.